The Morgan fingerprint density at radius 1 is 1.58 bits per heavy atom. The number of nitrogens with zero attached hydrogens (tertiary/aromatic N) is 1. The number of carbonyl (C=O) groups is 1. The fourth-order valence-electron chi connectivity index (χ4n) is 1.83. The Morgan fingerprint density at radius 3 is 2.92 bits per heavy atom. The minimum absolute atomic E-state index is 0.322. The lowest BCUT2D eigenvalue weighted by atomic mass is 9.93. The average Bonchev–Trinajstić information content (AvgIpc) is 2.07. The number of hydrogen-bond acceptors (Lipinski definition) is 1. The molecule has 1 atom stereocenters. The molecule has 1 amide bonds. The van der Waals surface area contributed by atoms with Gasteiger partial charge in [0.15, 0.2) is 0 Å². The number of unbranched alkanes of at least 4 members (excludes halogenated alkanes) is 1. The summed E-state index contributed by atoms with van der Waals surface area (Å²) in [6.45, 7) is 3.20. The average molecular weight is 169 g/mol. The first-order valence-electron chi connectivity index (χ1n) is 4.98. The monoisotopic (exact) mass is 169 g/mol. The third-order valence-electron chi connectivity index (χ3n) is 2.69. The quantitative estimate of drug-likeness (QED) is 0.633. The largest absolute Gasteiger partial charge is 0.345 e. The van der Waals surface area contributed by atoms with Crippen molar-refractivity contribution in [3.63, 3.8) is 0 Å². The predicted octanol–water partition coefficient (Wildman–Crippen LogP) is 2.04. The molecule has 0 spiro atoms. The summed E-state index contributed by atoms with van der Waals surface area (Å²) in [5.74, 6) is 1.09. The van der Waals surface area contributed by atoms with E-state index >= 15 is 0 Å². The van der Waals surface area contributed by atoms with Crippen LogP contribution in [-0.2, 0) is 4.79 Å². The molecule has 12 heavy (non-hydrogen) atoms. The third-order valence-corrected chi connectivity index (χ3v) is 2.69. The van der Waals surface area contributed by atoms with Crippen molar-refractivity contribution in [2.45, 2.75) is 39.0 Å². The first kappa shape index (κ1) is 9.56. The second kappa shape index (κ2) is 4.48. The molecule has 1 rings (SSSR count). The Kier molecular flexibility index (Phi) is 3.57. The summed E-state index contributed by atoms with van der Waals surface area (Å²) in [5.41, 5.74) is 0. The number of carbonyl (C=O) groups excluding carboxylic acids is 1. The number of amides is 1. The topological polar surface area (TPSA) is 20.3 Å². The summed E-state index contributed by atoms with van der Waals surface area (Å²) in [5, 5.41) is 0. The van der Waals surface area contributed by atoms with E-state index in [-0.39, 0.29) is 0 Å². The fraction of sp³-hybridized carbons (Fsp3) is 0.900. The molecule has 2 heteroatoms. The molecule has 1 aliphatic rings. The summed E-state index contributed by atoms with van der Waals surface area (Å²) in [7, 11) is 1.92. The lowest BCUT2D eigenvalue weighted by Gasteiger charge is -2.29. The van der Waals surface area contributed by atoms with Gasteiger partial charge >= 0.3 is 0 Å². The molecule has 1 saturated heterocycles. The van der Waals surface area contributed by atoms with Crippen molar-refractivity contribution in [2.75, 3.05) is 13.6 Å². The maximum atomic E-state index is 11.1. The molecule has 0 aromatic heterocycles. The molecule has 1 unspecified atom stereocenters. The van der Waals surface area contributed by atoms with Crippen molar-refractivity contribution in [1.29, 1.82) is 0 Å². The van der Waals surface area contributed by atoms with Crippen LogP contribution >= 0.6 is 0 Å². The maximum Gasteiger partial charge on any atom is 0.222 e. The fourth-order valence-corrected chi connectivity index (χ4v) is 1.83. The van der Waals surface area contributed by atoms with E-state index in [9.17, 15) is 4.79 Å². The Balaban J connectivity index is 2.25. The minimum Gasteiger partial charge on any atom is -0.345 e. The van der Waals surface area contributed by atoms with Crippen LogP contribution in [0.5, 0.6) is 0 Å². The van der Waals surface area contributed by atoms with E-state index in [4.69, 9.17) is 0 Å². The van der Waals surface area contributed by atoms with E-state index in [1.807, 2.05) is 11.9 Å². The summed E-state index contributed by atoms with van der Waals surface area (Å²) < 4.78 is 0. The van der Waals surface area contributed by atoms with Crippen LogP contribution in [0.15, 0.2) is 0 Å². The third kappa shape index (κ3) is 2.50. The molecule has 0 aliphatic carbocycles. The molecule has 1 aliphatic heterocycles. The van der Waals surface area contributed by atoms with Gasteiger partial charge in [-0.25, -0.2) is 0 Å². The van der Waals surface area contributed by atoms with Crippen LogP contribution < -0.4 is 0 Å². The summed E-state index contributed by atoms with van der Waals surface area (Å²) in [4.78, 5) is 13.0. The van der Waals surface area contributed by atoms with Crippen LogP contribution in [0.2, 0.25) is 0 Å². The van der Waals surface area contributed by atoms with Crippen LogP contribution in [0, 0.1) is 5.92 Å². The van der Waals surface area contributed by atoms with Gasteiger partial charge in [0.05, 0.1) is 0 Å². The van der Waals surface area contributed by atoms with Crippen LogP contribution in [0.1, 0.15) is 39.0 Å². The molecular formula is C10H19NO. The van der Waals surface area contributed by atoms with Gasteiger partial charge in [-0.15, -0.1) is 0 Å². The first-order valence-corrected chi connectivity index (χ1v) is 4.98. The molecule has 0 aromatic rings. The van der Waals surface area contributed by atoms with Crippen molar-refractivity contribution >= 4 is 5.91 Å². The van der Waals surface area contributed by atoms with Crippen LogP contribution in [-0.4, -0.2) is 24.4 Å². The van der Waals surface area contributed by atoms with Crippen LogP contribution in [0.4, 0.5) is 0 Å². The zero-order chi connectivity index (χ0) is 8.97. The highest BCUT2D eigenvalue weighted by atomic mass is 16.2. The molecule has 0 bridgehead atoms. The Labute approximate surface area is 74.9 Å². The SMILES string of the molecule is CCCCC1CCC(=O)N(C)C1. The Hall–Kier alpha value is -0.530. The van der Waals surface area contributed by atoms with Crippen LogP contribution in [0.3, 0.4) is 0 Å². The second-order valence-corrected chi connectivity index (χ2v) is 3.82. The van der Waals surface area contributed by atoms with Crippen molar-refractivity contribution in [1.82, 2.24) is 4.90 Å². The molecule has 0 N–H and O–H groups in total. The molecule has 0 aromatic carbocycles. The van der Waals surface area contributed by atoms with Crippen molar-refractivity contribution in [3.05, 3.63) is 0 Å². The van der Waals surface area contributed by atoms with Gasteiger partial charge in [-0.05, 0) is 18.8 Å². The first-order chi connectivity index (χ1) is 5.74. The molecule has 70 valence electrons. The molecule has 1 fully saturated rings. The normalized spacial score (nSPS) is 24.7. The number of piperidine rings is 1. The van der Waals surface area contributed by atoms with Gasteiger partial charge in [-0.2, -0.15) is 0 Å². The lowest BCUT2D eigenvalue weighted by Crippen LogP contribution is -2.36. The van der Waals surface area contributed by atoms with E-state index in [0.717, 1.165) is 25.3 Å². The van der Waals surface area contributed by atoms with Crippen molar-refractivity contribution < 1.29 is 4.79 Å². The highest BCUT2D eigenvalue weighted by Gasteiger charge is 2.21. The van der Waals surface area contributed by atoms with E-state index in [1.54, 1.807) is 0 Å². The van der Waals surface area contributed by atoms with Crippen molar-refractivity contribution in [2.24, 2.45) is 5.92 Å². The van der Waals surface area contributed by atoms with E-state index < -0.39 is 0 Å². The summed E-state index contributed by atoms with van der Waals surface area (Å²) in [6.07, 6.45) is 5.77. The van der Waals surface area contributed by atoms with E-state index in [0.29, 0.717) is 5.91 Å². The van der Waals surface area contributed by atoms with Gasteiger partial charge in [-0.3, -0.25) is 4.79 Å². The summed E-state index contributed by atoms with van der Waals surface area (Å²) >= 11 is 0. The highest BCUT2D eigenvalue weighted by Crippen LogP contribution is 2.21. The smallest absolute Gasteiger partial charge is 0.222 e. The van der Waals surface area contributed by atoms with Crippen LogP contribution in [0.25, 0.3) is 0 Å². The van der Waals surface area contributed by atoms with Gasteiger partial charge < -0.3 is 4.90 Å². The Bertz CT molecular complexity index is 156. The predicted molar refractivity (Wildman–Crippen MR) is 49.9 cm³/mol. The molecule has 2 nitrogen and oxygen atoms in total. The summed E-state index contributed by atoms with van der Waals surface area (Å²) in [6, 6.07) is 0. The molecule has 1 heterocycles. The number of rotatable bonds is 3. The van der Waals surface area contributed by atoms with Crippen molar-refractivity contribution in [3.8, 4) is 0 Å². The van der Waals surface area contributed by atoms with E-state index in [2.05, 4.69) is 6.92 Å². The lowest BCUT2D eigenvalue weighted by molar-refractivity contribution is -0.133. The van der Waals surface area contributed by atoms with Gasteiger partial charge in [0.1, 0.15) is 0 Å². The molecule has 0 radical (unpaired) electrons. The molecule has 0 saturated carbocycles. The maximum absolute atomic E-state index is 11.1. The van der Waals surface area contributed by atoms with Gasteiger partial charge in [0, 0.05) is 20.0 Å². The zero-order valence-electron chi connectivity index (χ0n) is 8.18. The van der Waals surface area contributed by atoms with Gasteiger partial charge in [-0.1, -0.05) is 19.8 Å². The minimum atomic E-state index is 0.322. The standard InChI is InChI=1S/C10H19NO/c1-3-4-5-9-6-7-10(12)11(2)8-9/h9H,3-8H2,1-2H3. The van der Waals surface area contributed by atoms with Gasteiger partial charge in [0.2, 0.25) is 5.91 Å². The number of likely N-dealkylation sites (tertiary alicyclic amines) is 1. The highest BCUT2D eigenvalue weighted by molar-refractivity contribution is 5.76. The Morgan fingerprint density at radius 2 is 2.33 bits per heavy atom. The van der Waals surface area contributed by atoms with E-state index in [1.165, 1.54) is 19.3 Å². The van der Waals surface area contributed by atoms with Gasteiger partial charge in [0.25, 0.3) is 0 Å². The second-order valence-electron chi connectivity index (χ2n) is 3.82. The molecular weight excluding hydrogens is 150 g/mol. The zero-order valence-corrected chi connectivity index (χ0v) is 8.18. The number of hydrogen-bond donors (Lipinski definition) is 0.